The van der Waals surface area contributed by atoms with E-state index in [0.717, 1.165) is 27.1 Å². The van der Waals surface area contributed by atoms with E-state index in [4.69, 9.17) is 4.74 Å². The third-order valence-electron chi connectivity index (χ3n) is 3.33. The average molecular weight is 352 g/mol. The van der Waals surface area contributed by atoms with Crippen LogP contribution in [0, 0.1) is 0 Å². The highest BCUT2D eigenvalue weighted by Gasteiger charge is 2.27. The minimum atomic E-state index is -0.108. The average Bonchev–Trinajstić information content (AvgIpc) is 2.90. The molecule has 20 heavy (non-hydrogen) atoms. The van der Waals surface area contributed by atoms with Gasteiger partial charge in [-0.3, -0.25) is 4.79 Å². The lowest BCUT2D eigenvalue weighted by atomic mass is 9.92. The highest BCUT2D eigenvalue weighted by atomic mass is 79.9. The van der Waals surface area contributed by atoms with E-state index in [1.807, 2.05) is 35.7 Å². The van der Waals surface area contributed by atoms with Gasteiger partial charge in [0.1, 0.15) is 5.75 Å². The van der Waals surface area contributed by atoms with E-state index in [9.17, 15) is 4.79 Å². The highest BCUT2D eigenvalue weighted by molar-refractivity contribution is 9.10. The van der Waals surface area contributed by atoms with Crippen molar-refractivity contribution in [2.24, 2.45) is 0 Å². The Morgan fingerprint density at radius 3 is 3.10 bits per heavy atom. The first-order valence-electron chi connectivity index (χ1n) is 6.46. The van der Waals surface area contributed by atoms with Crippen LogP contribution < -0.4 is 10.1 Å². The monoisotopic (exact) mass is 351 g/mol. The number of carbonyl (C=O) groups excluding carboxylic acids is 1. The predicted octanol–water partition coefficient (Wildman–Crippen LogP) is 3.69. The molecule has 0 radical (unpaired) electrons. The number of hydrogen-bond acceptors (Lipinski definition) is 3. The van der Waals surface area contributed by atoms with Gasteiger partial charge in [0.15, 0.2) is 0 Å². The van der Waals surface area contributed by atoms with E-state index in [1.165, 1.54) is 0 Å². The van der Waals surface area contributed by atoms with Crippen LogP contribution in [0.2, 0.25) is 0 Å². The van der Waals surface area contributed by atoms with Crippen LogP contribution in [-0.2, 0) is 11.3 Å². The summed E-state index contributed by atoms with van der Waals surface area (Å²) < 4.78 is 6.64. The maximum atomic E-state index is 12.4. The second kappa shape index (κ2) is 5.97. The third-order valence-corrected chi connectivity index (χ3v) is 5.03. The topological polar surface area (TPSA) is 38.3 Å². The summed E-state index contributed by atoms with van der Waals surface area (Å²) in [5, 5.41) is 5.04. The number of ether oxygens (including phenoxy) is 1. The molecule has 1 aromatic carbocycles. The Morgan fingerprint density at radius 2 is 2.30 bits per heavy atom. The number of hydrogen-bond donors (Lipinski definition) is 1. The normalized spacial score (nSPS) is 17.1. The second-order valence-electron chi connectivity index (χ2n) is 4.68. The lowest BCUT2D eigenvalue weighted by molar-refractivity contribution is -0.123. The molecule has 1 atom stereocenters. The first-order valence-corrected chi connectivity index (χ1v) is 8.13. The van der Waals surface area contributed by atoms with Gasteiger partial charge in [-0.1, -0.05) is 18.2 Å². The van der Waals surface area contributed by atoms with Crippen molar-refractivity contribution in [3.05, 3.63) is 50.6 Å². The minimum absolute atomic E-state index is 0.0743. The van der Waals surface area contributed by atoms with Gasteiger partial charge in [0.25, 0.3) is 0 Å². The molecule has 0 saturated carbocycles. The molecule has 1 N–H and O–H groups in total. The lowest BCUT2D eigenvalue weighted by Crippen LogP contribution is -2.31. The number of halogens is 1. The van der Waals surface area contributed by atoms with E-state index in [2.05, 4.69) is 21.2 Å². The van der Waals surface area contributed by atoms with Crippen LogP contribution >= 0.6 is 27.3 Å². The molecular formula is C15H14BrNO2S. The van der Waals surface area contributed by atoms with Crippen molar-refractivity contribution >= 4 is 33.2 Å². The zero-order chi connectivity index (χ0) is 13.9. The fraction of sp³-hybridized carbons (Fsp3) is 0.267. The fourth-order valence-electron chi connectivity index (χ4n) is 2.36. The van der Waals surface area contributed by atoms with Crippen LogP contribution in [0.4, 0.5) is 0 Å². The lowest BCUT2D eigenvalue weighted by Gasteiger charge is -2.24. The Balaban J connectivity index is 1.69. The van der Waals surface area contributed by atoms with Crippen LogP contribution in [-0.4, -0.2) is 12.5 Å². The Bertz CT molecular complexity index is 626. The van der Waals surface area contributed by atoms with Crippen molar-refractivity contribution in [1.29, 1.82) is 0 Å². The number of rotatable bonds is 3. The zero-order valence-corrected chi connectivity index (χ0v) is 13.2. The number of amides is 1. The van der Waals surface area contributed by atoms with E-state index in [0.29, 0.717) is 13.2 Å². The maximum absolute atomic E-state index is 12.4. The SMILES string of the molecule is O=C(NCc1cc(Br)cs1)C1CCOc2ccccc21. The van der Waals surface area contributed by atoms with Crippen LogP contribution in [0.1, 0.15) is 22.8 Å². The van der Waals surface area contributed by atoms with Crippen molar-refractivity contribution in [2.45, 2.75) is 18.9 Å². The van der Waals surface area contributed by atoms with Crippen LogP contribution in [0.15, 0.2) is 40.2 Å². The zero-order valence-electron chi connectivity index (χ0n) is 10.8. The van der Waals surface area contributed by atoms with Gasteiger partial charge in [-0.2, -0.15) is 0 Å². The van der Waals surface area contributed by atoms with E-state index in [1.54, 1.807) is 11.3 Å². The molecule has 1 unspecified atom stereocenters. The van der Waals surface area contributed by atoms with E-state index < -0.39 is 0 Å². The number of carbonyl (C=O) groups is 1. The molecule has 104 valence electrons. The van der Waals surface area contributed by atoms with E-state index in [-0.39, 0.29) is 11.8 Å². The largest absolute Gasteiger partial charge is 0.493 e. The Hall–Kier alpha value is -1.33. The molecule has 3 nitrogen and oxygen atoms in total. The third kappa shape index (κ3) is 2.88. The molecule has 1 aliphatic rings. The molecule has 1 amide bonds. The predicted molar refractivity (Wildman–Crippen MR) is 83.2 cm³/mol. The van der Waals surface area contributed by atoms with Gasteiger partial charge in [-0.15, -0.1) is 11.3 Å². The van der Waals surface area contributed by atoms with Crippen LogP contribution in [0.25, 0.3) is 0 Å². The minimum Gasteiger partial charge on any atom is -0.493 e. The van der Waals surface area contributed by atoms with Gasteiger partial charge < -0.3 is 10.1 Å². The van der Waals surface area contributed by atoms with Crippen LogP contribution in [0.5, 0.6) is 5.75 Å². The molecule has 5 heteroatoms. The molecule has 3 rings (SSSR count). The molecule has 2 aromatic rings. The Kier molecular flexibility index (Phi) is 4.08. The quantitative estimate of drug-likeness (QED) is 0.915. The number of benzene rings is 1. The standard InChI is InChI=1S/C15H14BrNO2S/c16-10-7-11(20-9-10)8-17-15(18)13-5-6-19-14-4-2-1-3-12(13)14/h1-4,7,9,13H,5-6,8H2,(H,17,18). The number of para-hydroxylation sites is 1. The first kappa shape index (κ1) is 13.6. The first-order chi connectivity index (χ1) is 9.74. The molecule has 1 aliphatic heterocycles. The summed E-state index contributed by atoms with van der Waals surface area (Å²) in [5.74, 6) is 0.798. The smallest absolute Gasteiger partial charge is 0.228 e. The Morgan fingerprint density at radius 1 is 1.45 bits per heavy atom. The molecule has 0 spiro atoms. The van der Waals surface area contributed by atoms with Crippen molar-refractivity contribution in [3.63, 3.8) is 0 Å². The molecular weight excluding hydrogens is 338 g/mol. The highest BCUT2D eigenvalue weighted by Crippen LogP contribution is 2.33. The fourth-order valence-corrected chi connectivity index (χ4v) is 3.75. The van der Waals surface area contributed by atoms with Crippen molar-refractivity contribution in [1.82, 2.24) is 5.32 Å². The molecule has 0 bridgehead atoms. The van der Waals surface area contributed by atoms with Crippen LogP contribution in [0.3, 0.4) is 0 Å². The molecule has 0 fully saturated rings. The van der Waals surface area contributed by atoms with Gasteiger partial charge in [0, 0.05) is 20.3 Å². The molecule has 0 saturated heterocycles. The molecule has 2 heterocycles. The van der Waals surface area contributed by atoms with Crippen molar-refractivity contribution < 1.29 is 9.53 Å². The number of nitrogens with one attached hydrogen (secondary N) is 1. The summed E-state index contributed by atoms with van der Waals surface area (Å²) in [6.45, 7) is 1.17. The van der Waals surface area contributed by atoms with Crippen molar-refractivity contribution in [2.75, 3.05) is 6.61 Å². The summed E-state index contributed by atoms with van der Waals surface area (Å²) in [6.07, 6.45) is 0.733. The summed E-state index contributed by atoms with van der Waals surface area (Å²) in [4.78, 5) is 13.5. The molecule has 1 aromatic heterocycles. The number of fused-ring (bicyclic) bond motifs is 1. The number of thiophene rings is 1. The summed E-state index contributed by atoms with van der Waals surface area (Å²) in [5.41, 5.74) is 0.989. The summed E-state index contributed by atoms with van der Waals surface area (Å²) in [7, 11) is 0. The maximum Gasteiger partial charge on any atom is 0.228 e. The van der Waals surface area contributed by atoms with Gasteiger partial charge >= 0.3 is 0 Å². The van der Waals surface area contributed by atoms with Gasteiger partial charge in [0.05, 0.1) is 19.1 Å². The van der Waals surface area contributed by atoms with Gasteiger partial charge in [-0.25, -0.2) is 0 Å². The van der Waals surface area contributed by atoms with E-state index >= 15 is 0 Å². The molecule has 0 aliphatic carbocycles. The summed E-state index contributed by atoms with van der Waals surface area (Å²) in [6, 6.07) is 9.81. The van der Waals surface area contributed by atoms with Gasteiger partial charge in [0.2, 0.25) is 5.91 Å². The second-order valence-corrected chi connectivity index (χ2v) is 6.59. The van der Waals surface area contributed by atoms with Crippen molar-refractivity contribution in [3.8, 4) is 5.75 Å². The van der Waals surface area contributed by atoms with Gasteiger partial charge in [-0.05, 0) is 34.5 Å². The Labute approximate surface area is 130 Å². The summed E-state index contributed by atoms with van der Waals surface area (Å²) >= 11 is 5.06.